The summed E-state index contributed by atoms with van der Waals surface area (Å²) >= 11 is 1.95. The van der Waals surface area contributed by atoms with Crippen LogP contribution in [0.4, 0.5) is 9.18 Å². The number of hydrogen-bond acceptors (Lipinski definition) is 8. The predicted molar refractivity (Wildman–Crippen MR) is 173 cm³/mol. The molecule has 45 heavy (non-hydrogen) atoms. The number of pyridine rings is 1. The van der Waals surface area contributed by atoms with Gasteiger partial charge in [0.1, 0.15) is 28.5 Å². The molecule has 1 saturated heterocycles. The van der Waals surface area contributed by atoms with E-state index in [1.807, 2.05) is 56.8 Å². The van der Waals surface area contributed by atoms with Crippen LogP contribution in [0.2, 0.25) is 0 Å². The van der Waals surface area contributed by atoms with Gasteiger partial charge in [0, 0.05) is 43.2 Å². The van der Waals surface area contributed by atoms with Gasteiger partial charge in [-0.2, -0.15) is 11.8 Å². The highest BCUT2D eigenvalue weighted by molar-refractivity contribution is 7.99. The molecule has 11 heteroatoms. The molecule has 240 valence electrons. The summed E-state index contributed by atoms with van der Waals surface area (Å²) in [6.45, 7) is 8.16. The van der Waals surface area contributed by atoms with Crippen LogP contribution >= 0.6 is 11.8 Å². The van der Waals surface area contributed by atoms with Gasteiger partial charge < -0.3 is 25.2 Å². The van der Waals surface area contributed by atoms with Gasteiger partial charge in [-0.3, -0.25) is 9.69 Å². The van der Waals surface area contributed by atoms with Gasteiger partial charge in [-0.25, -0.2) is 14.2 Å². The minimum Gasteiger partial charge on any atom is -0.508 e. The summed E-state index contributed by atoms with van der Waals surface area (Å²) in [5.41, 5.74) is 2.30. The fourth-order valence-electron chi connectivity index (χ4n) is 5.62. The lowest BCUT2D eigenvalue weighted by Gasteiger charge is -2.30. The number of carbonyl (C=O) groups is 2. The van der Waals surface area contributed by atoms with E-state index in [0.29, 0.717) is 31.4 Å². The van der Waals surface area contributed by atoms with Crippen molar-refractivity contribution in [2.45, 2.75) is 70.7 Å². The zero-order chi connectivity index (χ0) is 32.0. The molecule has 2 aromatic carbocycles. The Hall–Kier alpha value is -3.83. The maximum Gasteiger partial charge on any atom is 0.407 e. The van der Waals surface area contributed by atoms with Gasteiger partial charge in [0.15, 0.2) is 0 Å². The van der Waals surface area contributed by atoms with E-state index >= 15 is 0 Å². The van der Waals surface area contributed by atoms with E-state index in [4.69, 9.17) is 9.47 Å². The molecule has 1 aliphatic heterocycles. The number of rotatable bonds is 8. The zero-order valence-electron chi connectivity index (χ0n) is 26.0. The quantitative estimate of drug-likeness (QED) is 0.257. The third-order valence-corrected chi connectivity index (χ3v) is 8.73. The van der Waals surface area contributed by atoms with Gasteiger partial charge in [0.2, 0.25) is 5.88 Å². The summed E-state index contributed by atoms with van der Waals surface area (Å²) in [5.74, 6) is 1.72. The standard InChI is InChI=1S/C34H41FN4O5S/c1-34(2,3)44-33(42)38-26-9-7-25(8-10-26)37-31(41)30-19-24(35)20-36-32(30)43-28-6-4-5-22(18-28)29-12-11-27(40)17-23(29)21-39-13-15-45-16-14-39/h4-6,11-12,17-20,25-26,40H,7-10,13-16,21H2,1-3H3,(H,37,41)(H,38,42). The van der Waals surface area contributed by atoms with Crippen LogP contribution in [0.5, 0.6) is 17.4 Å². The number of nitrogens with one attached hydrogen (secondary N) is 2. The highest BCUT2D eigenvalue weighted by atomic mass is 32.2. The Bertz CT molecular complexity index is 1500. The number of halogens is 1. The van der Waals surface area contributed by atoms with Gasteiger partial charge in [-0.1, -0.05) is 18.2 Å². The summed E-state index contributed by atoms with van der Waals surface area (Å²) in [6.07, 6.45) is 3.24. The second-order valence-corrected chi connectivity index (χ2v) is 13.8. The van der Waals surface area contributed by atoms with Crippen molar-refractivity contribution in [3.8, 4) is 28.5 Å². The average Bonchev–Trinajstić information content (AvgIpc) is 2.99. The summed E-state index contributed by atoms with van der Waals surface area (Å²) < 4.78 is 25.7. The first-order valence-corrected chi connectivity index (χ1v) is 16.5. The molecular formula is C34H41FN4O5S. The fourth-order valence-corrected chi connectivity index (χ4v) is 6.60. The highest BCUT2D eigenvalue weighted by Gasteiger charge is 2.27. The highest BCUT2D eigenvalue weighted by Crippen LogP contribution is 2.33. The number of amides is 2. The van der Waals surface area contributed by atoms with Crippen molar-refractivity contribution in [1.82, 2.24) is 20.5 Å². The molecule has 0 bridgehead atoms. The first-order valence-electron chi connectivity index (χ1n) is 15.4. The van der Waals surface area contributed by atoms with Crippen molar-refractivity contribution in [2.75, 3.05) is 24.6 Å². The molecule has 0 radical (unpaired) electrons. The summed E-state index contributed by atoms with van der Waals surface area (Å²) in [6, 6.07) is 13.8. The van der Waals surface area contributed by atoms with Crippen LogP contribution in [-0.4, -0.2) is 69.3 Å². The van der Waals surface area contributed by atoms with Crippen molar-refractivity contribution in [1.29, 1.82) is 0 Å². The summed E-state index contributed by atoms with van der Waals surface area (Å²) in [4.78, 5) is 32.0. The Labute approximate surface area is 267 Å². The van der Waals surface area contributed by atoms with Crippen LogP contribution in [0, 0.1) is 5.82 Å². The van der Waals surface area contributed by atoms with Crippen molar-refractivity contribution >= 4 is 23.8 Å². The van der Waals surface area contributed by atoms with E-state index in [9.17, 15) is 19.1 Å². The number of aromatic hydroxyl groups is 1. The van der Waals surface area contributed by atoms with E-state index in [0.717, 1.165) is 60.1 Å². The van der Waals surface area contributed by atoms with E-state index in [1.54, 1.807) is 18.2 Å². The van der Waals surface area contributed by atoms with Crippen LogP contribution < -0.4 is 15.4 Å². The number of ether oxygens (including phenoxy) is 2. The SMILES string of the molecule is CC(C)(C)OC(=O)NC1CCC(NC(=O)c2cc(F)cnc2Oc2cccc(-c3ccc(O)cc3CN3CCSCC3)c2)CC1. The predicted octanol–water partition coefficient (Wildman–Crippen LogP) is 6.50. The minimum absolute atomic E-state index is 0.00250. The van der Waals surface area contributed by atoms with Gasteiger partial charge >= 0.3 is 6.09 Å². The van der Waals surface area contributed by atoms with Crippen LogP contribution in [0.25, 0.3) is 11.1 Å². The molecule has 1 aromatic heterocycles. The Kier molecular flexibility index (Phi) is 10.5. The van der Waals surface area contributed by atoms with Crippen LogP contribution in [0.15, 0.2) is 54.7 Å². The van der Waals surface area contributed by atoms with Crippen molar-refractivity contribution < 1.29 is 28.6 Å². The lowest BCUT2D eigenvalue weighted by molar-refractivity contribution is 0.0487. The number of hydrogen-bond donors (Lipinski definition) is 3. The number of phenolic OH excluding ortho intramolecular Hbond substituents is 1. The molecule has 2 fully saturated rings. The van der Waals surface area contributed by atoms with E-state index in [2.05, 4.69) is 20.5 Å². The third-order valence-electron chi connectivity index (χ3n) is 7.79. The minimum atomic E-state index is -0.642. The van der Waals surface area contributed by atoms with E-state index in [1.165, 1.54) is 0 Å². The number of carbonyl (C=O) groups excluding carboxylic acids is 2. The Balaban J connectivity index is 1.25. The monoisotopic (exact) mass is 636 g/mol. The van der Waals surface area contributed by atoms with Crippen molar-refractivity contribution in [3.63, 3.8) is 0 Å². The van der Waals surface area contributed by atoms with Gasteiger partial charge in [0.05, 0.1) is 6.20 Å². The average molecular weight is 637 g/mol. The normalized spacial score (nSPS) is 19.0. The molecule has 3 aromatic rings. The van der Waals surface area contributed by atoms with Crippen LogP contribution in [-0.2, 0) is 11.3 Å². The summed E-state index contributed by atoms with van der Waals surface area (Å²) in [7, 11) is 0. The molecule has 0 atom stereocenters. The molecule has 0 spiro atoms. The molecule has 2 aliphatic rings. The molecule has 1 aliphatic carbocycles. The zero-order valence-corrected chi connectivity index (χ0v) is 26.8. The van der Waals surface area contributed by atoms with Gasteiger partial charge in [-0.05, 0) is 93.5 Å². The molecule has 2 amide bonds. The second kappa shape index (κ2) is 14.5. The Morgan fingerprint density at radius 2 is 1.73 bits per heavy atom. The van der Waals surface area contributed by atoms with Crippen LogP contribution in [0.1, 0.15) is 62.4 Å². The van der Waals surface area contributed by atoms with Crippen molar-refractivity contribution in [3.05, 3.63) is 71.7 Å². The molecule has 2 heterocycles. The number of nitrogens with zero attached hydrogens (tertiary/aromatic N) is 2. The van der Waals surface area contributed by atoms with Crippen molar-refractivity contribution in [2.24, 2.45) is 0 Å². The molecule has 0 unspecified atom stereocenters. The number of benzene rings is 2. The largest absolute Gasteiger partial charge is 0.508 e. The first kappa shape index (κ1) is 32.6. The van der Waals surface area contributed by atoms with Gasteiger partial charge in [-0.15, -0.1) is 0 Å². The smallest absolute Gasteiger partial charge is 0.407 e. The maximum atomic E-state index is 14.3. The summed E-state index contributed by atoms with van der Waals surface area (Å²) in [5, 5.41) is 16.1. The number of alkyl carbamates (subject to hydrolysis) is 1. The number of thioether (sulfide) groups is 1. The molecule has 9 nitrogen and oxygen atoms in total. The Morgan fingerprint density at radius 3 is 2.44 bits per heavy atom. The fraction of sp³-hybridized carbons (Fsp3) is 0.441. The van der Waals surface area contributed by atoms with E-state index < -0.39 is 23.4 Å². The van der Waals surface area contributed by atoms with E-state index in [-0.39, 0.29) is 29.3 Å². The number of phenols is 1. The van der Waals surface area contributed by atoms with Gasteiger partial charge in [0.25, 0.3) is 5.91 Å². The molecular weight excluding hydrogens is 595 g/mol. The lowest BCUT2D eigenvalue weighted by atomic mass is 9.91. The first-order chi connectivity index (χ1) is 21.5. The second-order valence-electron chi connectivity index (χ2n) is 12.5. The molecule has 1 saturated carbocycles. The topological polar surface area (TPSA) is 113 Å². The maximum absolute atomic E-state index is 14.3. The molecule has 3 N–H and O–H groups in total. The third kappa shape index (κ3) is 9.34. The lowest BCUT2D eigenvalue weighted by Crippen LogP contribution is -2.45. The Morgan fingerprint density at radius 1 is 1.02 bits per heavy atom. The molecule has 5 rings (SSSR count). The number of aromatic nitrogens is 1. The van der Waals surface area contributed by atoms with Crippen LogP contribution in [0.3, 0.4) is 0 Å².